The maximum atomic E-state index is 9.10. The van der Waals surface area contributed by atoms with E-state index >= 15 is 0 Å². The Bertz CT molecular complexity index is 141. The predicted octanol–water partition coefficient (Wildman–Crippen LogP) is -5.97. The fourth-order valence-electron chi connectivity index (χ4n) is 0. The zero-order valence-electron chi connectivity index (χ0n) is 6.05. The van der Waals surface area contributed by atoms with E-state index in [-0.39, 0.29) is 59.1 Å². The van der Waals surface area contributed by atoms with Gasteiger partial charge in [0, 0.05) is 0 Å². The normalized spacial score (nSPS) is 4.73. The van der Waals surface area contributed by atoms with Crippen molar-refractivity contribution in [2.75, 3.05) is 0 Å². The summed E-state index contributed by atoms with van der Waals surface area (Å²) in [5.41, 5.74) is 13.5. The molecule has 0 aliphatic heterocycles. The summed E-state index contributed by atoms with van der Waals surface area (Å²) in [5.74, 6) is -3.65. The molecule has 0 spiro atoms. The Morgan fingerprint density at radius 2 is 1.09 bits per heavy atom. The number of rotatable bonds is 0. The summed E-state index contributed by atoms with van der Waals surface area (Å²) in [6.45, 7) is 0. The Morgan fingerprint density at radius 1 is 1.00 bits per heavy atom. The van der Waals surface area contributed by atoms with Crippen LogP contribution in [-0.4, -0.2) is 22.2 Å². The molecule has 0 aliphatic rings. The second-order valence-corrected chi connectivity index (χ2v) is 0.700. The average Bonchev–Trinajstić information content (AvgIpc) is 1.68. The van der Waals surface area contributed by atoms with Crippen LogP contribution in [-0.2, 0) is 9.59 Å². The molecular weight excluding hydrogens is 176 g/mol. The summed E-state index contributed by atoms with van der Waals surface area (Å²) in [4.78, 5) is 19.7. The van der Waals surface area contributed by atoms with E-state index in [1.165, 1.54) is 4.91 Å². The van der Waals surface area contributed by atoms with Gasteiger partial charge in [0.1, 0.15) is 0 Å². The molecule has 0 aliphatic carbocycles. The zero-order valence-corrected chi connectivity index (χ0v) is 10.1. The molecule has 0 atom stereocenters. The van der Waals surface area contributed by atoms with Gasteiger partial charge in [-0.2, -0.15) is 0 Å². The molecule has 0 radical (unpaired) electrons. The van der Waals surface area contributed by atoms with E-state index in [9.17, 15) is 0 Å². The van der Waals surface area contributed by atoms with Crippen LogP contribution in [0.5, 0.6) is 0 Å². The molecule has 7 nitrogen and oxygen atoms in total. The molecule has 9 heteroatoms. The monoisotopic (exact) mass is 178 g/mol. The van der Waals surface area contributed by atoms with Gasteiger partial charge in [-0.25, -0.2) is 9.59 Å². The molecule has 50 valence electrons. The summed E-state index contributed by atoms with van der Waals surface area (Å²) >= 11 is 0. The van der Waals surface area contributed by atoms with Gasteiger partial charge in [-0.05, 0) is 0 Å². The topological polar surface area (TPSA) is 133 Å². The van der Waals surface area contributed by atoms with E-state index in [0.717, 1.165) is 0 Å². The molecule has 0 aromatic carbocycles. The van der Waals surface area contributed by atoms with Crippen molar-refractivity contribution >= 4 is 11.9 Å². The van der Waals surface area contributed by atoms with Gasteiger partial charge in [0.25, 0.3) is 0 Å². The predicted molar refractivity (Wildman–Crippen MR) is 25.3 cm³/mol. The van der Waals surface area contributed by atoms with Crippen LogP contribution in [0.4, 0.5) is 0 Å². The Labute approximate surface area is 106 Å². The quantitative estimate of drug-likeness (QED) is 0.125. The van der Waals surface area contributed by atoms with Gasteiger partial charge < -0.3 is 21.3 Å². The second-order valence-electron chi connectivity index (χ2n) is 0.700. The molecule has 0 aromatic rings. The fraction of sp³-hybridized carbons (Fsp3) is 0. The van der Waals surface area contributed by atoms with Crippen LogP contribution in [0, 0.1) is 0 Å². The molecule has 0 fully saturated rings. The first-order valence-electron chi connectivity index (χ1n) is 1.51. The van der Waals surface area contributed by atoms with Crippen LogP contribution in [0.3, 0.4) is 0 Å². The van der Waals surface area contributed by atoms with Crippen LogP contribution in [0.2, 0.25) is 0 Å². The van der Waals surface area contributed by atoms with Crippen molar-refractivity contribution in [1.82, 2.24) is 0 Å². The minimum atomic E-state index is -1.82. The Kier molecular flexibility index (Phi) is 34.1. The molecule has 0 aromatic heterocycles. The minimum absolute atomic E-state index is 0. The molecule has 0 amide bonds. The first-order chi connectivity index (χ1) is 4.06. The number of carboxylic acids is 2. The van der Waals surface area contributed by atoms with E-state index in [2.05, 4.69) is 0 Å². The van der Waals surface area contributed by atoms with E-state index in [1.54, 1.807) is 0 Å². The Hall–Kier alpha value is 0.250. The molecule has 0 unspecified atom stereocenters. The third-order valence-electron chi connectivity index (χ3n) is 0.183. The zero-order chi connectivity index (χ0) is 7.86. The summed E-state index contributed by atoms with van der Waals surface area (Å²) in [7, 11) is 0. The van der Waals surface area contributed by atoms with Crippen molar-refractivity contribution in [3.8, 4) is 0 Å². The van der Waals surface area contributed by atoms with E-state index in [0.29, 0.717) is 0 Å². The van der Waals surface area contributed by atoms with Gasteiger partial charge in [-0.1, -0.05) is 0 Å². The molecule has 0 saturated carbocycles. The van der Waals surface area contributed by atoms with Crippen LogP contribution >= 0.6 is 0 Å². The maximum absolute atomic E-state index is 9.10. The van der Waals surface area contributed by atoms with Crippen molar-refractivity contribution in [1.29, 1.82) is 0 Å². The van der Waals surface area contributed by atoms with Crippen LogP contribution in [0.25, 0.3) is 16.0 Å². The minimum Gasteiger partial charge on any atom is -0.473 e. The fourth-order valence-corrected chi connectivity index (χ4v) is 0. The average molecular weight is 178 g/mol. The molecule has 2 N–H and O–H groups in total. The van der Waals surface area contributed by atoms with Crippen molar-refractivity contribution in [2.24, 2.45) is 0 Å². The summed E-state index contributed by atoms with van der Waals surface area (Å²) < 4.78 is 0. The first kappa shape index (κ1) is 22.5. The van der Waals surface area contributed by atoms with Crippen LogP contribution in [0.1, 0.15) is 0 Å². The third kappa shape index (κ3) is 38.6. The van der Waals surface area contributed by atoms with Gasteiger partial charge in [0.15, 0.2) is 0 Å². The number of hydrogen-bond donors (Lipinski definition) is 2. The van der Waals surface area contributed by atoms with Crippen LogP contribution in [0.15, 0.2) is 0 Å². The van der Waals surface area contributed by atoms with Crippen molar-refractivity contribution < 1.29 is 78.9 Å². The number of hydrogen-bond acceptors (Lipinski definition) is 2. The molecule has 0 saturated heterocycles. The second kappa shape index (κ2) is 16.7. The van der Waals surface area contributed by atoms with E-state index in [4.69, 9.17) is 30.9 Å². The maximum Gasteiger partial charge on any atom is 1.00 e. The Morgan fingerprint density at radius 3 is 1.09 bits per heavy atom. The smallest absolute Gasteiger partial charge is 0.473 e. The van der Waals surface area contributed by atoms with Gasteiger partial charge >= 0.3 is 71.1 Å². The van der Waals surface area contributed by atoms with Gasteiger partial charge in [0.05, 0.1) is 0 Å². The summed E-state index contributed by atoms with van der Waals surface area (Å²) in [6, 6.07) is 0. The standard InChI is InChI=1S/C2H2O4.N3.2Na/c3-1(4)2(5)6;1-3-2;;/h(H,3,4)(H,5,6);;;/q;-1;2*+1. The van der Waals surface area contributed by atoms with E-state index in [1.807, 2.05) is 0 Å². The molecule has 11 heavy (non-hydrogen) atoms. The molecular formula is C2H2N3Na2O4+. The van der Waals surface area contributed by atoms with Crippen molar-refractivity contribution in [3.63, 3.8) is 0 Å². The van der Waals surface area contributed by atoms with Gasteiger partial charge in [-0.15, -0.1) is 0 Å². The third-order valence-corrected chi connectivity index (χ3v) is 0.183. The first-order valence-corrected chi connectivity index (χ1v) is 1.51. The Balaban J connectivity index is -0.0000000437. The van der Waals surface area contributed by atoms with Crippen LogP contribution < -0.4 is 59.1 Å². The molecule has 0 bridgehead atoms. The van der Waals surface area contributed by atoms with Gasteiger partial charge in [-0.3, -0.25) is 4.91 Å². The summed E-state index contributed by atoms with van der Waals surface area (Å²) in [6.07, 6.45) is 0. The number of aliphatic carboxylic acids is 2. The largest absolute Gasteiger partial charge is 1.00 e. The van der Waals surface area contributed by atoms with Gasteiger partial charge in [0.2, 0.25) is 0 Å². The van der Waals surface area contributed by atoms with Crippen molar-refractivity contribution in [3.05, 3.63) is 16.0 Å². The van der Waals surface area contributed by atoms with E-state index < -0.39 is 11.9 Å². The van der Waals surface area contributed by atoms with Crippen molar-refractivity contribution in [2.45, 2.75) is 0 Å². The number of nitrogens with zero attached hydrogens (tertiary/aromatic N) is 3. The molecule has 0 rings (SSSR count). The SMILES string of the molecule is O=C(O)C(=O)O.[N-]=[N+]=[N-].[Na+].[Na+]. The number of carbonyl (C=O) groups is 2. The molecule has 0 heterocycles. The number of carboxylic acid groups (broad SMARTS) is 2. The summed E-state index contributed by atoms with van der Waals surface area (Å²) in [5, 5.41) is 14.8.